The van der Waals surface area contributed by atoms with E-state index in [0.29, 0.717) is 5.39 Å². The maximum absolute atomic E-state index is 13.9. The highest BCUT2D eigenvalue weighted by atomic mass is 32.2. The van der Waals surface area contributed by atoms with Crippen molar-refractivity contribution in [1.82, 2.24) is 4.90 Å². The van der Waals surface area contributed by atoms with Crippen molar-refractivity contribution in [2.24, 2.45) is 4.99 Å². The molecule has 21 heavy (non-hydrogen) atoms. The molecule has 2 aliphatic rings. The lowest BCUT2D eigenvalue weighted by Crippen LogP contribution is -2.19. The van der Waals surface area contributed by atoms with Crippen LogP contribution < -0.4 is 0 Å². The molecule has 1 atom stereocenters. The van der Waals surface area contributed by atoms with Crippen LogP contribution in [0.15, 0.2) is 34.2 Å². The molecule has 0 saturated carbocycles. The summed E-state index contributed by atoms with van der Waals surface area (Å²) in [6.07, 6.45) is -0.548. The van der Waals surface area contributed by atoms with E-state index in [9.17, 15) is 9.50 Å². The first-order valence-corrected chi connectivity index (χ1v) is 8.39. The van der Waals surface area contributed by atoms with Crippen LogP contribution in [0.1, 0.15) is 11.8 Å². The lowest BCUT2D eigenvalue weighted by atomic mass is 10.2. The molecule has 0 radical (unpaired) electrons. The molecule has 0 spiro atoms. The minimum atomic E-state index is -0.548. The monoisotopic (exact) mass is 320 g/mol. The van der Waals surface area contributed by atoms with E-state index in [1.807, 2.05) is 12.1 Å². The molecule has 3 heterocycles. The maximum Gasteiger partial charge on any atom is 0.168 e. The number of halogens is 1. The van der Waals surface area contributed by atoms with Crippen molar-refractivity contribution >= 4 is 44.0 Å². The number of thiophene rings is 1. The molecule has 0 amide bonds. The molecule has 4 rings (SSSR count). The summed E-state index contributed by atoms with van der Waals surface area (Å²) in [4.78, 5) is 8.49. The van der Waals surface area contributed by atoms with Crippen LogP contribution in [0.25, 0.3) is 15.8 Å². The number of aliphatic hydroxyl groups excluding tert-OH is 1. The average molecular weight is 320 g/mol. The Kier molecular flexibility index (Phi) is 3.06. The van der Waals surface area contributed by atoms with E-state index < -0.39 is 6.10 Å². The van der Waals surface area contributed by atoms with Gasteiger partial charge in [-0.1, -0.05) is 17.8 Å². The number of nitrogens with zero attached hydrogens (tertiary/aromatic N) is 2. The first kappa shape index (κ1) is 13.3. The summed E-state index contributed by atoms with van der Waals surface area (Å²) >= 11 is 3.08. The third kappa shape index (κ3) is 2.01. The molecule has 0 fully saturated rings. The van der Waals surface area contributed by atoms with Gasteiger partial charge in [0, 0.05) is 21.5 Å². The normalized spacial score (nSPS) is 19.4. The van der Waals surface area contributed by atoms with Crippen LogP contribution in [0.3, 0.4) is 0 Å². The SMILES string of the molecule is CC(O)C1=C(c2cc3c(F)cccc3s2)N2CCN=C2S1. The molecule has 0 bridgehead atoms. The smallest absolute Gasteiger partial charge is 0.168 e. The lowest BCUT2D eigenvalue weighted by Gasteiger charge is -2.16. The number of hydrogen-bond acceptors (Lipinski definition) is 5. The van der Waals surface area contributed by atoms with E-state index in [-0.39, 0.29) is 5.82 Å². The minimum absolute atomic E-state index is 0.199. The Hall–Kier alpha value is -1.37. The molecule has 0 aliphatic carbocycles. The Balaban J connectivity index is 1.90. The van der Waals surface area contributed by atoms with Gasteiger partial charge >= 0.3 is 0 Å². The van der Waals surface area contributed by atoms with E-state index in [4.69, 9.17) is 0 Å². The van der Waals surface area contributed by atoms with E-state index in [1.165, 1.54) is 17.8 Å². The molecule has 1 aromatic heterocycles. The van der Waals surface area contributed by atoms with Crippen molar-refractivity contribution in [2.75, 3.05) is 13.1 Å². The van der Waals surface area contributed by atoms with Gasteiger partial charge in [0.15, 0.2) is 5.17 Å². The van der Waals surface area contributed by atoms with Gasteiger partial charge in [-0.25, -0.2) is 4.39 Å². The minimum Gasteiger partial charge on any atom is -0.388 e. The third-order valence-corrected chi connectivity index (χ3v) is 6.02. The van der Waals surface area contributed by atoms with Crippen LogP contribution >= 0.6 is 23.1 Å². The third-order valence-electron chi connectivity index (χ3n) is 3.63. The quantitative estimate of drug-likeness (QED) is 0.920. The molecule has 1 N–H and O–H groups in total. The first-order chi connectivity index (χ1) is 10.1. The molecule has 3 nitrogen and oxygen atoms in total. The van der Waals surface area contributed by atoms with Crippen LogP contribution in [-0.2, 0) is 0 Å². The van der Waals surface area contributed by atoms with E-state index in [2.05, 4.69) is 9.89 Å². The standard InChI is InChI=1S/C15H13FN2OS2/c1-8(19)14-13(18-6-5-17-15(18)21-14)12-7-9-10(16)3-2-4-11(9)20-12/h2-4,7-8,19H,5-6H2,1H3. The second kappa shape index (κ2) is 4.83. The van der Waals surface area contributed by atoms with Crippen LogP contribution in [0.5, 0.6) is 0 Å². The second-order valence-corrected chi connectivity index (χ2v) is 7.16. The summed E-state index contributed by atoms with van der Waals surface area (Å²) in [6.45, 7) is 3.36. The Morgan fingerprint density at radius 3 is 3.05 bits per heavy atom. The highest BCUT2D eigenvalue weighted by molar-refractivity contribution is 8.17. The van der Waals surface area contributed by atoms with Gasteiger partial charge < -0.3 is 10.0 Å². The molecule has 6 heteroatoms. The lowest BCUT2D eigenvalue weighted by molar-refractivity contribution is 0.240. The van der Waals surface area contributed by atoms with Gasteiger partial charge in [0.05, 0.1) is 23.2 Å². The zero-order chi connectivity index (χ0) is 14.6. The number of aliphatic hydroxyl groups is 1. The Labute approximate surface area is 129 Å². The molecule has 2 aromatic rings. The Morgan fingerprint density at radius 1 is 1.43 bits per heavy atom. The molecule has 1 aromatic carbocycles. The number of benzene rings is 1. The first-order valence-electron chi connectivity index (χ1n) is 6.75. The highest BCUT2D eigenvalue weighted by Gasteiger charge is 2.35. The number of hydrogen-bond donors (Lipinski definition) is 1. The van der Waals surface area contributed by atoms with Crippen LogP contribution in [0, 0.1) is 5.82 Å². The second-order valence-electron chi connectivity index (χ2n) is 5.07. The van der Waals surface area contributed by atoms with Crippen molar-refractivity contribution in [3.8, 4) is 0 Å². The molecule has 0 saturated heterocycles. The van der Waals surface area contributed by atoms with E-state index in [1.54, 1.807) is 24.3 Å². The van der Waals surface area contributed by atoms with Gasteiger partial charge in [-0.3, -0.25) is 4.99 Å². The molecular weight excluding hydrogens is 307 g/mol. The van der Waals surface area contributed by atoms with E-state index in [0.717, 1.165) is 38.4 Å². The fraction of sp³-hybridized carbons (Fsp3) is 0.267. The van der Waals surface area contributed by atoms with E-state index >= 15 is 0 Å². The maximum atomic E-state index is 13.9. The fourth-order valence-electron chi connectivity index (χ4n) is 2.68. The largest absolute Gasteiger partial charge is 0.388 e. The van der Waals surface area contributed by atoms with Gasteiger partial charge in [0.1, 0.15) is 5.82 Å². The molecule has 2 aliphatic heterocycles. The van der Waals surface area contributed by atoms with Crippen LogP contribution in [0.4, 0.5) is 4.39 Å². The van der Waals surface area contributed by atoms with Crippen molar-refractivity contribution < 1.29 is 9.50 Å². The molecule has 1 unspecified atom stereocenters. The molecule has 108 valence electrons. The highest BCUT2D eigenvalue weighted by Crippen LogP contribution is 2.46. The number of fused-ring (bicyclic) bond motifs is 2. The summed E-state index contributed by atoms with van der Waals surface area (Å²) in [5.41, 5.74) is 0.992. The summed E-state index contributed by atoms with van der Waals surface area (Å²) in [5, 5.41) is 11.6. The molecular formula is C15H13FN2OS2. The van der Waals surface area contributed by atoms with Crippen molar-refractivity contribution in [3.05, 3.63) is 39.9 Å². The van der Waals surface area contributed by atoms with Crippen molar-refractivity contribution in [3.63, 3.8) is 0 Å². The summed E-state index contributed by atoms with van der Waals surface area (Å²) in [5.74, 6) is -0.199. The van der Waals surface area contributed by atoms with Gasteiger partial charge in [0.2, 0.25) is 0 Å². The van der Waals surface area contributed by atoms with Gasteiger partial charge in [0.25, 0.3) is 0 Å². The van der Waals surface area contributed by atoms with Gasteiger partial charge in [-0.05, 0) is 25.1 Å². The van der Waals surface area contributed by atoms with Crippen molar-refractivity contribution in [2.45, 2.75) is 13.0 Å². The zero-order valence-electron chi connectivity index (χ0n) is 11.3. The Morgan fingerprint density at radius 2 is 2.29 bits per heavy atom. The topological polar surface area (TPSA) is 35.8 Å². The number of aliphatic imine (C=N–C) groups is 1. The predicted octanol–water partition coefficient (Wildman–Crippen LogP) is 3.51. The predicted molar refractivity (Wildman–Crippen MR) is 87.0 cm³/mol. The summed E-state index contributed by atoms with van der Waals surface area (Å²) in [7, 11) is 0. The van der Waals surface area contributed by atoms with Gasteiger partial charge in [-0.2, -0.15) is 0 Å². The Bertz CT molecular complexity index is 794. The summed E-state index contributed by atoms with van der Waals surface area (Å²) < 4.78 is 14.8. The average Bonchev–Trinajstić information content (AvgIpc) is 3.10. The number of amidine groups is 1. The van der Waals surface area contributed by atoms with Crippen LogP contribution in [0.2, 0.25) is 0 Å². The van der Waals surface area contributed by atoms with Crippen LogP contribution in [-0.4, -0.2) is 34.4 Å². The number of rotatable bonds is 2. The van der Waals surface area contributed by atoms with Gasteiger partial charge in [-0.15, -0.1) is 11.3 Å². The van der Waals surface area contributed by atoms with Crippen molar-refractivity contribution in [1.29, 1.82) is 0 Å². The summed E-state index contributed by atoms with van der Waals surface area (Å²) in [6, 6.07) is 7.02. The zero-order valence-corrected chi connectivity index (χ0v) is 13.0. The fourth-order valence-corrected chi connectivity index (χ4v) is 5.02. The number of thioether (sulfide) groups is 1.